The van der Waals surface area contributed by atoms with Crippen molar-refractivity contribution in [2.45, 2.75) is 31.7 Å². The van der Waals surface area contributed by atoms with Crippen molar-refractivity contribution >= 4 is 44.8 Å². The number of likely N-dealkylation sites (tertiary alicyclic amines) is 1. The van der Waals surface area contributed by atoms with Gasteiger partial charge >= 0.3 is 0 Å². The third-order valence-electron chi connectivity index (χ3n) is 3.12. The number of hydrogen-bond acceptors (Lipinski definition) is 2. The van der Waals surface area contributed by atoms with E-state index < -0.39 is 0 Å². The number of carbonyl (C=O) groups is 1. The van der Waals surface area contributed by atoms with Crippen LogP contribution in [0.2, 0.25) is 0 Å². The fourth-order valence-electron chi connectivity index (χ4n) is 2.29. The lowest BCUT2D eigenvalue weighted by atomic mass is 10.1. The molecule has 1 fully saturated rings. The molecule has 1 aliphatic rings. The maximum absolute atomic E-state index is 12.4. The summed E-state index contributed by atoms with van der Waals surface area (Å²) in [5, 5.41) is 1.95. The van der Waals surface area contributed by atoms with Crippen molar-refractivity contribution in [2.75, 3.05) is 12.4 Å². The summed E-state index contributed by atoms with van der Waals surface area (Å²) in [6.07, 6.45) is 4.24. The Morgan fingerprint density at radius 3 is 3.12 bits per heavy atom. The quantitative estimate of drug-likeness (QED) is 0.757. The third-order valence-corrected chi connectivity index (χ3v) is 5.21. The van der Waals surface area contributed by atoms with Crippen LogP contribution in [-0.2, 0) is 0 Å². The van der Waals surface area contributed by atoms with Crippen LogP contribution in [-0.4, -0.2) is 29.3 Å². The minimum atomic E-state index is 0.170. The van der Waals surface area contributed by atoms with Crippen molar-refractivity contribution in [3.05, 3.63) is 20.8 Å². The Morgan fingerprint density at radius 2 is 2.47 bits per heavy atom. The van der Waals surface area contributed by atoms with Gasteiger partial charge in [-0.05, 0) is 53.1 Å². The molecule has 5 heteroatoms. The van der Waals surface area contributed by atoms with Gasteiger partial charge in [-0.15, -0.1) is 22.9 Å². The Labute approximate surface area is 119 Å². The highest BCUT2D eigenvalue weighted by molar-refractivity contribution is 9.10. The molecule has 2 nitrogen and oxygen atoms in total. The van der Waals surface area contributed by atoms with Crippen molar-refractivity contribution in [1.82, 2.24) is 4.90 Å². The van der Waals surface area contributed by atoms with Gasteiger partial charge < -0.3 is 4.90 Å². The van der Waals surface area contributed by atoms with Gasteiger partial charge in [0.05, 0.1) is 0 Å². The topological polar surface area (TPSA) is 20.3 Å². The molecule has 1 aliphatic heterocycles. The molecule has 1 aromatic rings. The number of nitrogens with zero attached hydrogens (tertiary/aromatic N) is 1. The third kappa shape index (κ3) is 3.04. The number of thiophene rings is 1. The van der Waals surface area contributed by atoms with E-state index in [-0.39, 0.29) is 5.91 Å². The Bertz CT molecular complexity index is 396. The molecular weight excluding hydrogens is 322 g/mol. The lowest BCUT2D eigenvalue weighted by Crippen LogP contribution is -2.35. The lowest BCUT2D eigenvalue weighted by Gasteiger charge is -2.24. The first-order valence-corrected chi connectivity index (χ1v) is 8.04. The van der Waals surface area contributed by atoms with E-state index in [1.165, 1.54) is 11.3 Å². The van der Waals surface area contributed by atoms with Crippen molar-refractivity contribution in [3.8, 4) is 0 Å². The molecule has 0 N–H and O–H groups in total. The van der Waals surface area contributed by atoms with Gasteiger partial charge in [-0.2, -0.15) is 0 Å². The first kappa shape index (κ1) is 13.4. The lowest BCUT2D eigenvalue weighted by molar-refractivity contribution is 0.0734. The summed E-state index contributed by atoms with van der Waals surface area (Å²) < 4.78 is 0.912. The molecule has 0 aromatic carbocycles. The van der Waals surface area contributed by atoms with Crippen LogP contribution in [0.15, 0.2) is 15.9 Å². The molecular formula is C12H15BrClNOS. The molecule has 94 valence electrons. The van der Waals surface area contributed by atoms with Gasteiger partial charge in [0, 0.05) is 22.9 Å². The van der Waals surface area contributed by atoms with Crippen LogP contribution in [0, 0.1) is 0 Å². The molecule has 1 aromatic heterocycles. The Morgan fingerprint density at radius 1 is 1.65 bits per heavy atom. The average molecular weight is 337 g/mol. The first-order chi connectivity index (χ1) is 8.24. The summed E-state index contributed by atoms with van der Waals surface area (Å²) in [7, 11) is 0. The van der Waals surface area contributed by atoms with Crippen molar-refractivity contribution in [1.29, 1.82) is 0 Å². The highest BCUT2D eigenvalue weighted by Crippen LogP contribution is 2.29. The van der Waals surface area contributed by atoms with Gasteiger partial charge in [-0.25, -0.2) is 0 Å². The van der Waals surface area contributed by atoms with E-state index >= 15 is 0 Å². The summed E-state index contributed by atoms with van der Waals surface area (Å²) in [5.41, 5.74) is 0. The number of hydrogen-bond donors (Lipinski definition) is 0. The monoisotopic (exact) mass is 335 g/mol. The maximum Gasteiger partial charge on any atom is 0.265 e. The highest BCUT2D eigenvalue weighted by Gasteiger charge is 2.30. The van der Waals surface area contributed by atoms with Crippen molar-refractivity contribution in [2.24, 2.45) is 0 Å². The van der Waals surface area contributed by atoms with Crippen LogP contribution >= 0.6 is 38.9 Å². The minimum Gasteiger partial charge on any atom is -0.335 e. The van der Waals surface area contributed by atoms with Gasteiger partial charge in [-0.3, -0.25) is 4.79 Å². The second-order valence-electron chi connectivity index (χ2n) is 4.22. The van der Waals surface area contributed by atoms with Gasteiger partial charge in [0.2, 0.25) is 0 Å². The van der Waals surface area contributed by atoms with Crippen LogP contribution in [0.1, 0.15) is 35.4 Å². The normalized spacial score (nSPS) is 19.9. The molecule has 0 aliphatic carbocycles. The number of halogens is 2. The summed E-state index contributed by atoms with van der Waals surface area (Å²) in [6.45, 7) is 0.885. The number of amides is 1. The molecule has 0 spiro atoms. The standard InChI is InChI=1S/C12H15BrClNOS/c13-10-5-8-17-11(10)12(16)15-7-2-4-9(15)3-1-6-14/h5,8-9H,1-4,6-7H2. The summed E-state index contributed by atoms with van der Waals surface area (Å²) in [4.78, 5) is 15.2. The van der Waals surface area contributed by atoms with Gasteiger partial charge in [0.1, 0.15) is 4.88 Å². The average Bonchev–Trinajstić information content (AvgIpc) is 2.94. The van der Waals surface area contributed by atoms with Crippen LogP contribution in [0.5, 0.6) is 0 Å². The van der Waals surface area contributed by atoms with E-state index in [2.05, 4.69) is 15.9 Å². The molecule has 0 saturated carbocycles. The second-order valence-corrected chi connectivity index (χ2v) is 6.37. The minimum absolute atomic E-state index is 0.170. The summed E-state index contributed by atoms with van der Waals surface area (Å²) >= 11 is 10.7. The molecule has 1 unspecified atom stereocenters. The van der Waals surface area contributed by atoms with E-state index in [1.54, 1.807) is 0 Å². The van der Waals surface area contributed by atoms with E-state index in [1.807, 2.05) is 16.3 Å². The second kappa shape index (κ2) is 6.21. The maximum atomic E-state index is 12.4. The zero-order valence-corrected chi connectivity index (χ0v) is 12.7. The molecule has 0 radical (unpaired) electrons. The Kier molecular flexibility index (Phi) is 4.88. The van der Waals surface area contributed by atoms with E-state index in [4.69, 9.17) is 11.6 Å². The van der Waals surface area contributed by atoms with Crippen molar-refractivity contribution in [3.63, 3.8) is 0 Å². The van der Waals surface area contributed by atoms with E-state index in [9.17, 15) is 4.79 Å². The smallest absolute Gasteiger partial charge is 0.265 e. The number of alkyl halides is 1. The largest absolute Gasteiger partial charge is 0.335 e. The molecule has 2 heterocycles. The van der Waals surface area contributed by atoms with Crippen molar-refractivity contribution < 1.29 is 4.79 Å². The Balaban J connectivity index is 2.06. The van der Waals surface area contributed by atoms with E-state index in [0.717, 1.165) is 41.6 Å². The SMILES string of the molecule is O=C(c1sccc1Br)N1CCCC1CCCCl. The predicted octanol–water partition coefficient (Wildman–Crippen LogP) is 4.13. The van der Waals surface area contributed by atoms with E-state index in [0.29, 0.717) is 11.9 Å². The van der Waals surface area contributed by atoms with Crippen LogP contribution < -0.4 is 0 Å². The number of rotatable bonds is 4. The van der Waals surface area contributed by atoms with Crippen LogP contribution in [0.25, 0.3) is 0 Å². The number of carbonyl (C=O) groups excluding carboxylic acids is 1. The summed E-state index contributed by atoms with van der Waals surface area (Å²) in [6, 6.07) is 2.32. The zero-order valence-electron chi connectivity index (χ0n) is 9.49. The van der Waals surface area contributed by atoms with Crippen LogP contribution in [0.4, 0.5) is 0 Å². The fourth-order valence-corrected chi connectivity index (χ4v) is 3.94. The van der Waals surface area contributed by atoms with Crippen LogP contribution in [0.3, 0.4) is 0 Å². The molecule has 0 bridgehead atoms. The van der Waals surface area contributed by atoms with Gasteiger partial charge in [-0.1, -0.05) is 0 Å². The molecule has 1 amide bonds. The fraction of sp³-hybridized carbons (Fsp3) is 0.583. The Hall–Kier alpha value is -0.0600. The first-order valence-electron chi connectivity index (χ1n) is 5.84. The van der Waals surface area contributed by atoms with Gasteiger partial charge in [0.15, 0.2) is 0 Å². The molecule has 1 atom stereocenters. The van der Waals surface area contributed by atoms with Gasteiger partial charge in [0.25, 0.3) is 5.91 Å². The summed E-state index contributed by atoms with van der Waals surface area (Å²) in [5.74, 6) is 0.852. The highest BCUT2D eigenvalue weighted by atomic mass is 79.9. The predicted molar refractivity (Wildman–Crippen MR) is 76.0 cm³/mol. The molecule has 2 rings (SSSR count). The zero-order chi connectivity index (χ0) is 12.3. The molecule has 17 heavy (non-hydrogen) atoms. The molecule has 1 saturated heterocycles.